The fraction of sp³-hybridized carbons (Fsp3) is 0. The predicted octanol–water partition coefficient (Wildman–Crippen LogP) is -0.247. The Morgan fingerprint density at radius 2 is 2.67 bits per heavy atom. The molecule has 0 aliphatic carbocycles. The highest BCUT2D eigenvalue weighted by Gasteiger charge is 1.89. The Morgan fingerprint density at radius 3 is 2.67 bits per heavy atom. The van der Waals surface area contributed by atoms with Crippen molar-refractivity contribution in [2.24, 2.45) is 0 Å². The highest BCUT2D eigenvalue weighted by molar-refractivity contribution is 6.34. The van der Waals surface area contributed by atoms with Gasteiger partial charge in [-0.05, 0) is 5.47 Å². The summed E-state index contributed by atoms with van der Waals surface area (Å²) in [5.41, 5.74) is -0.255. The third kappa shape index (κ3) is 1.58. The van der Waals surface area contributed by atoms with E-state index in [2.05, 4.69) is 11.7 Å². The van der Waals surface area contributed by atoms with Crippen molar-refractivity contribution < 1.29 is 9.90 Å². The van der Waals surface area contributed by atoms with Crippen LogP contribution in [-0.4, -0.2) is 18.9 Å². The lowest BCUT2D eigenvalue weighted by molar-refractivity contribution is -0.131. The zero-order valence-corrected chi connectivity index (χ0v) is 3.10. The molecular weight excluding hydrogens is 78.8 g/mol. The minimum Gasteiger partial charge on any atom is -0.479 e. The number of carboxylic acid groups (broad SMARTS) is 1. The molecule has 1 N–H and O–H groups in total. The average Bonchev–Trinajstić information content (AvgIpc) is 1.65. The van der Waals surface area contributed by atoms with Crippen LogP contribution in [0, 0.1) is 0 Å². The van der Waals surface area contributed by atoms with Gasteiger partial charge in [0, 0.05) is 0 Å². The van der Waals surface area contributed by atoms with Crippen molar-refractivity contribution in [2.45, 2.75) is 0 Å². The summed E-state index contributed by atoms with van der Waals surface area (Å²) in [6.07, 6.45) is 0. The van der Waals surface area contributed by atoms with Crippen LogP contribution in [0.5, 0.6) is 0 Å². The molecule has 0 spiro atoms. The molecule has 2 radical (unpaired) electrons. The highest BCUT2D eigenvalue weighted by atomic mass is 16.4. The summed E-state index contributed by atoms with van der Waals surface area (Å²) in [7, 11) is 4.76. The molecule has 0 bridgehead atoms. The van der Waals surface area contributed by atoms with E-state index < -0.39 is 5.97 Å². The van der Waals surface area contributed by atoms with Gasteiger partial charge in [-0.2, -0.15) is 0 Å². The van der Waals surface area contributed by atoms with Crippen molar-refractivity contribution in [3.63, 3.8) is 0 Å². The van der Waals surface area contributed by atoms with Crippen LogP contribution in [0.3, 0.4) is 0 Å². The normalized spacial score (nSPS) is 9.00. The molecule has 30 valence electrons. The number of hydrogen-bond acceptors (Lipinski definition) is 2. The third-order valence-corrected chi connectivity index (χ3v) is 0.262. The molecule has 0 fully saturated rings. The molecule has 0 aliphatic rings. The molecule has 0 aromatic rings. The quantitative estimate of drug-likeness (QED) is 0.350. The molecule has 0 atom stereocenters. The summed E-state index contributed by atoms with van der Waals surface area (Å²) in [6.45, 7) is 3.01. The summed E-state index contributed by atoms with van der Waals surface area (Å²) in [6, 6.07) is 0. The Hall–Kier alpha value is -0.725. The van der Waals surface area contributed by atoms with E-state index in [0.717, 1.165) is 0 Å². The van der Waals surface area contributed by atoms with Crippen LogP contribution in [0.15, 0.2) is 12.1 Å². The first-order chi connectivity index (χ1) is 3.18. The first-order valence-electron chi connectivity index (χ1n) is 1.71. The number of carbonyl (C=O) groups is 1. The molecule has 0 aromatic heterocycles. The number of aliphatic carboxylic acids is 1. The van der Waals surface area contributed by atoms with Crippen LogP contribution >= 0.6 is 0 Å². The lowest BCUT2D eigenvalue weighted by Crippen LogP contribution is -1.96. The van der Waals surface area contributed by atoms with Crippen molar-refractivity contribution in [2.75, 3.05) is 0 Å². The van der Waals surface area contributed by atoms with Crippen LogP contribution in [0.25, 0.3) is 1.43 Å². The van der Waals surface area contributed by atoms with E-state index in [-0.39, 0.29) is 5.47 Å². The molecule has 0 amide bonds. The molecule has 0 rings (SSSR count). The van der Waals surface area contributed by atoms with Crippen LogP contribution < -0.4 is 0 Å². The minimum absolute atomic E-state index is 0.255. The predicted molar refractivity (Wildman–Crippen MR) is 22.5 cm³/mol. The van der Waals surface area contributed by atoms with Crippen molar-refractivity contribution >= 4 is 13.8 Å². The zero-order valence-electron chi connectivity index (χ0n) is 4.10. The molecule has 0 heterocycles. The highest BCUT2D eigenvalue weighted by Crippen LogP contribution is 1.74. The maximum absolute atomic E-state index is 9.88. The van der Waals surface area contributed by atoms with Gasteiger partial charge in [-0.25, -0.2) is 4.79 Å². The monoisotopic (exact) mass is 83.0 g/mol. The van der Waals surface area contributed by atoms with Gasteiger partial charge < -0.3 is 5.11 Å². The van der Waals surface area contributed by atoms with E-state index in [4.69, 9.17) is 9.28 Å². The van der Waals surface area contributed by atoms with Gasteiger partial charge in [0.15, 0.2) is 0 Å². The first-order valence-corrected chi connectivity index (χ1v) is 1.30. The van der Waals surface area contributed by atoms with Crippen molar-refractivity contribution in [1.29, 1.82) is 1.43 Å². The largest absolute Gasteiger partial charge is 0.479 e. The van der Waals surface area contributed by atoms with Crippen LogP contribution in [0.1, 0.15) is 0 Å². The van der Waals surface area contributed by atoms with Gasteiger partial charge >= 0.3 is 5.97 Å². The molecule has 6 heavy (non-hydrogen) atoms. The average molecular weight is 82.9 g/mol. The maximum Gasteiger partial charge on any atom is 0.320 e. The summed E-state index contributed by atoms with van der Waals surface area (Å²) in [4.78, 5) is 9.88. The second-order valence-corrected chi connectivity index (χ2v) is 0.813. The topological polar surface area (TPSA) is 37.3 Å². The van der Waals surface area contributed by atoms with Crippen molar-refractivity contribution in [3.8, 4) is 0 Å². The molecule has 0 aromatic carbocycles. The van der Waals surface area contributed by atoms with E-state index in [1.165, 1.54) is 0 Å². The summed E-state index contributed by atoms with van der Waals surface area (Å²) >= 11 is 0. The summed E-state index contributed by atoms with van der Waals surface area (Å²) < 4.78 is 5.95. The van der Waals surface area contributed by atoms with Crippen molar-refractivity contribution in [1.82, 2.24) is 0 Å². The molecule has 3 heteroatoms. The smallest absolute Gasteiger partial charge is 0.320 e. The van der Waals surface area contributed by atoms with E-state index in [9.17, 15) is 4.79 Å². The fourth-order valence-corrected chi connectivity index (χ4v) is 0. The standard InChI is InChI=1S/C3H3BO2/c1-2(4)3(5)6/h1H2,(H,5,6)/i/hD. The van der Waals surface area contributed by atoms with E-state index in [1.807, 2.05) is 0 Å². The van der Waals surface area contributed by atoms with Crippen LogP contribution in [-0.2, 0) is 4.79 Å². The van der Waals surface area contributed by atoms with Crippen molar-refractivity contribution in [3.05, 3.63) is 12.1 Å². The van der Waals surface area contributed by atoms with Gasteiger partial charge in [0.2, 0.25) is 0 Å². The summed E-state index contributed by atoms with van der Waals surface area (Å²) in [5, 5.41) is 3.40. The molecular formula is C3H3BO2. The fourth-order valence-electron chi connectivity index (χ4n) is 0. The molecule has 2 nitrogen and oxygen atoms in total. The molecule has 0 saturated heterocycles. The van der Waals surface area contributed by atoms with E-state index in [0.29, 0.717) is 0 Å². The number of rotatable bonds is 1. The Balaban J connectivity index is 3.58. The van der Waals surface area contributed by atoms with Gasteiger partial charge in [-0.3, -0.25) is 0 Å². The van der Waals surface area contributed by atoms with Gasteiger partial charge in [-0.1, -0.05) is 6.58 Å². The molecule has 0 saturated carbocycles. The lowest BCUT2D eigenvalue weighted by atomic mass is 9.99. The first kappa shape index (κ1) is 3.46. The molecule has 0 unspecified atom stereocenters. The maximum atomic E-state index is 9.88. The third-order valence-electron chi connectivity index (χ3n) is 0.262. The number of hydrogen-bond donors (Lipinski definition) is 1. The Bertz CT molecular complexity index is 101. The van der Waals surface area contributed by atoms with Crippen LogP contribution in [0.2, 0.25) is 0 Å². The minimum atomic E-state index is -0.903. The second-order valence-electron chi connectivity index (χ2n) is 0.813. The van der Waals surface area contributed by atoms with Gasteiger partial charge in [0.1, 0.15) is 7.85 Å². The SMILES string of the molecule is [2H]OC(=O)C([B])=C. The Morgan fingerprint density at radius 1 is 2.17 bits per heavy atom. The summed E-state index contributed by atoms with van der Waals surface area (Å²) in [5.74, 6) is -0.903. The Labute approximate surface area is 38.4 Å². The Kier molecular flexibility index (Phi) is 0.951. The van der Waals surface area contributed by atoms with E-state index in [1.54, 1.807) is 0 Å². The van der Waals surface area contributed by atoms with Gasteiger partial charge in [0.25, 0.3) is 1.43 Å². The van der Waals surface area contributed by atoms with E-state index >= 15 is 0 Å². The lowest BCUT2D eigenvalue weighted by Gasteiger charge is -1.80. The van der Waals surface area contributed by atoms with Gasteiger partial charge in [-0.15, -0.1) is 0 Å². The molecule has 0 aliphatic heterocycles. The second kappa shape index (κ2) is 1.65. The van der Waals surface area contributed by atoms with Gasteiger partial charge in [0.05, 0.1) is 0 Å². The zero-order chi connectivity index (χ0) is 5.86. The number of carboxylic acids is 1. The van der Waals surface area contributed by atoms with Crippen LogP contribution in [0.4, 0.5) is 0 Å².